The van der Waals surface area contributed by atoms with Crippen molar-refractivity contribution in [1.82, 2.24) is 5.01 Å². The number of Topliss-reactive ketones (excluding diaryl/α,β-unsaturated/α-hetero) is 2. The highest BCUT2D eigenvalue weighted by molar-refractivity contribution is 6.24. The van der Waals surface area contributed by atoms with Crippen LogP contribution in [-0.2, 0) is 14.4 Å². The standard InChI is InChI=1S/C21H21N3O9/c1-6-7-4-3-5-8(25)10(7)15(26)11-9(6)16(27)13-14(24(2)23-33)17(28)12(20(22)31)19(30)21(13,32)18(11)29/h3-6,9,13-14,16,25-27,30,32H,1-2H3,(H2,22,31)/t6-,9+,13+,14-,16-,21-/m0/s1. The SMILES string of the molecule is C[C@H]1c2cccc(O)c2C(O)=C2C(=O)[C@]3(O)C(O)=C(C(N)=O)C(=O)[C@@H](N(C)N=O)[C@@H]3[C@@H](O)[C@@H]21. The van der Waals surface area contributed by atoms with Gasteiger partial charge in [-0.05, 0) is 17.5 Å². The molecule has 12 nitrogen and oxygen atoms in total. The molecule has 0 unspecified atom stereocenters. The summed E-state index contributed by atoms with van der Waals surface area (Å²) < 4.78 is 0. The third kappa shape index (κ3) is 2.61. The first-order chi connectivity index (χ1) is 15.4. The van der Waals surface area contributed by atoms with Crippen LogP contribution in [0, 0.1) is 16.7 Å². The summed E-state index contributed by atoms with van der Waals surface area (Å²) in [4.78, 5) is 49.8. The Morgan fingerprint density at radius 3 is 2.42 bits per heavy atom. The van der Waals surface area contributed by atoms with Gasteiger partial charge in [-0.15, -0.1) is 4.91 Å². The average molecular weight is 459 g/mol. The Kier molecular flexibility index (Phi) is 4.84. The van der Waals surface area contributed by atoms with Gasteiger partial charge in [0.15, 0.2) is 11.4 Å². The molecule has 0 bridgehead atoms. The van der Waals surface area contributed by atoms with Crippen LogP contribution in [0.15, 0.2) is 40.4 Å². The van der Waals surface area contributed by atoms with Gasteiger partial charge in [0.05, 0.1) is 22.9 Å². The molecule has 1 aromatic carbocycles. The Hall–Kier alpha value is -3.77. The lowest BCUT2D eigenvalue weighted by molar-refractivity contribution is -0.170. The highest BCUT2D eigenvalue weighted by atomic mass is 16.4. The van der Waals surface area contributed by atoms with Crippen LogP contribution in [0.2, 0.25) is 0 Å². The van der Waals surface area contributed by atoms with Gasteiger partial charge in [-0.25, -0.2) is 0 Å². The van der Waals surface area contributed by atoms with Crippen LogP contribution in [0.25, 0.3) is 5.76 Å². The number of ketones is 2. The molecule has 6 atom stereocenters. The molecule has 0 heterocycles. The molecule has 0 aromatic heterocycles. The lowest BCUT2D eigenvalue weighted by atomic mass is 9.54. The first-order valence-electron chi connectivity index (χ1n) is 9.95. The number of aliphatic hydroxyl groups is 4. The molecule has 0 spiro atoms. The molecule has 3 aliphatic carbocycles. The van der Waals surface area contributed by atoms with E-state index in [4.69, 9.17) is 5.73 Å². The fourth-order valence-corrected chi connectivity index (χ4v) is 5.47. The number of rotatable bonds is 3. The first kappa shape index (κ1) is 22.4. The van der Waals surface area contributed by atoms with Crippen molar-refractivity contribution >= 4 is 23.2 Å². The van der Waals surface area contributed by atoms with Crippen molar-refractivity contribution in [1.29, 1.82) is 0 Å². The predicted octanol–water partition coefficient (Wildman–Crippen LogP) is -0.453. The molecule has 12 heteroatoms. The molecular formula is C21H21N3O9. The number of phenolic OH excluding ortho intramolecular Hbond substituents is 1. The molecular weight excluding hydrogens is 438 g/mol. The molecule has 0 aliphatic heterocycles. The summed E-state index contributed by atoms with van der Waals surface area (Å²) in [5, 5.41) is 57.9. The van der Waals surface area contributed by atoms with Gasteiger partial charge >= 0.3 is 0 Å². The number of nitroso groups, excluding NO2 is 1. The quantitative estimate of drug-likeness (QED) is 0.195. The number of phenols is 1. The summed E-state index contributed by atoms with van der Waals surface area (Å²) in [5.41, 5.74) is 0.763. The highest BCUT2D eigenvalue weighted by Crippen LogP contribution is 2.56. The molecule has 0 saturated heterocycles. The summed E-state index contributed by atoms with van der Waals surface area (Å²) in [6.45, 7) is 1.60. The van der Waals surface area contributed by atoms with Crippen molar-refractivity contribution in [3.63, 3.8) is 0 Å². The zero-order valence-corrected chi connectivity index (χ0v) is 17.5. The number of aliphatic hydroxyl groups excluding tert-OH is 3. The van der Waals surface area contributed by atoms with Crippen LogP contribution < -0.4 is 5.73 Å². The van der Waals surface area contributed by atoms with Gasteiger partial charge < -0.3 is 31.3 Å². The van der Waals surface area contributed by atoms with Crippen molar-refractivity contribution in [2.45, 2.75) is 30.6 Å². The van der Waals surface area contributed by atoms with Gasteiger partial charge in [0.25, 0.3) is 5.91 Å². The number of nitrogens with two attached hydrogens (primary N) is 1. The Morgan fingerprint density at radius 1 is 1.21 bits per heavy atom. The van der Waals surface area contributed by atoms with Crippen LogP contribution in [0.5, 0.6) is 5.75 Å². The number of likely N-dealkylation sites (N-methyl/N-ethyl adjacent to an activating group) is 1. The minimum atomic E-state index is -3.09. The van der Waals surface area contributed by atoms with Crippen LogP contribution >= 0.6 is 0 Å². The third-order valence-electron chi connectivity index (χ3n) is 6.97. The smallest absolute Gasteiger partial charge is 0.255 e. The molecule has 0 radical (unpaired) electrons. The number of nitrogens with zero attached hydrogens (tertiary/aromatic N) is 2. The molecule has 1 saturated carbocycles. The predicted molar refractivity (Wildman–Crippen MR) is 110 cm³/mol. The van der Waals surface area contributed by atoms with E-state index in [2.05, 4.69) is 5.29 Å². The molecule has 174 valence electrons. The van der Waals surface area contributed by atoms with Crippen LogP contribution in [0.3, 0.4) is 0 Å². The molecule has 1 amide bonds. The van der Waals surface area contributed by atoms with Gasteiger partial charge in [0, 0.05) is 18.5 Å². The van der Waals surface area contributed by atoms with E-state index in [0.29, 0.717) is 10.6 Å². The fourth-order valence-electron chi connectivity index (χ4n) is 5.47. The van der Waals surface area contributed by atoms with Crippen molar-refractivity contribution in [2.75, 3.05) is 7.05 Å². The van der Waals surface area contributed by atoms with Crippen molar-refractivity contribution in [3.8, 4) is 5.75 Å². The first-order valence-corrected chi connectivity index (χ1v) is 9.95. The lowest BCUT2D eigenvalue weighted by Gasteiger charge is -2.53. The second-order valence-corrected chi connectivity index (χ2v) is 8.48. The molecule has 7 N–H and O–H groups in total. The van der Waals surface area contributed by atoms with E-state index in [0.717, 1.165) is 7.05 Å². The number of fused-ring (bicyclic) bond motifs is 3. The number of hydrogen-bond donors (Lipinski definition) is 6. The summed E-state index contributed by atoms with van der Waals surface area (Å²) in [6, 6.07) is 2.51. The van der Waals surface area contributed by atoms with Crippen molar-refractivity contribution in [2.24, 2.45) is 22.9 Å². The van der Waals surface area contributed by atoms with Gasteiger partial charge in [-0.1, -0.05) is 19.1 Å². The summed E-state index contributed by atoms with van der Waals surface area (Å²) in [6.07, 6.45) is -1.79. The number of hydrogen-bond acceptors (Lipinski definition) is 10. The van der Waals surface area contributed by atoms with Crippen LogP contribution in [-0.4, -0.2) is 72.8 Å². The van der Waals surface area contributed by atoms with Gasteiger partial charge in [0.2, 0.25) is 5.78 Å². The third-order valence-corrected chi connectivity index (χ3v) is 6.97. The Labute approximate surface area is 186 Å². The number of carbonyl (C=O) groups is 3. The van der Waals surface area contributed by atoms with Crippen LogP contribution in [0.4, 0.5) is 0 Å². The number of primary amides is 1. The Balaban J connectivity index is 2.07. The number of amides is 1. The zero-order chi connectivity index (χ0) is 24.6. The lowest BCUT2D eigenvalue weighted by Crippen LogP contribution is -2.70. The maximum absolute atomic E-state index is 13.6. The Bertz CT molecular complexity index is 1190. The number of aromatic hydroxyl groups is 1. The molecule has 1 fully saturated rings. The van der Waals surface area contributed by atoms with Gasteiger partial charge in [0.1, 0.15) is 28.9 Å². The second-order valence-electron chi connectivity index (χ2n) is 8.48. The average Bonchev–Trinajstić information content (AvgIpc) is 2.75. The van der Waals surface area contributed by atoms with Gasteiger partial charge in [-0.3, -0.25) is 19.4 Å². The van der Waals surface area contributed by atoms with Crippen molar-refractivity contribution < 1.29 is 39.9 Å². The van der Waals surface area contributed by atoms with Gasteiger partial charge in [-0.2, -0.15) is 0 Å². The molecule has 33 heavy (non-hydrogen) atoms. The normalized spacial score (nSPS) is 33.3. The summed E-state index contributed by atoms with van der Waals surface area (Å²) >= 11 is 0. The fraction of sp³-hybridized carbons (Fsp3) is 0.381. The van der Waals surface area contributed by atoms with E-state index in [1.54, 1.807) is 13.0 Å². The molecule has 4 rings (SSSR count). The summed E-state index contributed by atoms with van der Waals surface area (Å²) in [5.74, 6) is -10.2. The van der Waals surface area contributed by atoms with Crippen molar-refractivity contribution in [3.05, 3.63) is 51.1 Å². The minimum Gasteiger partial charge on any atom is -0.508 e. The van der Waals surface area contributed by atoms with E-state index >= 15 is 0 Å². The minimum absolute atomic E-state index is 0.0902. The van der Waals surface area contributed by atoms with E-state index in [1.165, 1.54) is 12.1 Å². The monoisotopic (exact) mass is 459 g/mol. The maximum atomic E-state index is 13.6. The summed E-state index contributed by atoms with van der Waals surface area (Å²) in [7, 11) is 1.04. The molecule has 3 aliphatic rings. The second kappa shape index (κ2) is 7.12. The zero-order valence-electron chi connectivity index (χ0n) is 17.5. The number of carbonyl (C=O) groups excluding carboxylic acids is 3. The number of benzene rings is 1. The van der Waals surface area contributed by atoms with E-state index < -0.39 is 75.6 Å². The van der Waals surface area contributed by atoms with E-state index in [1.807, 2.05) is 0 Å². The molecule has 1 aromatic rings. The van der Waals surface area contributed by atoms with Crippen LogP contribution in [0.1, 0.15) is 24.0 Å². The van der Waals surface area contributed by atoms with E-state index in [-0.39, 0.29) is 11.3 Å². The topological polar surface area (TPSA) is 211 Å². The largest absolute Gasteiger partial charge is 0.508 e. The maximum Gasteiger partial charge on any atom is 0.255 e. The Morgan fingerprint density at radius 2 is 1.85 bits per heavy atom. The van der Waals surface area contributed by atoms with E-state index in [9.17, 15) is 44.8 Å². The highest BCUT2D eigenvalue weighted by Gasteiger charge is 2.68.